The number of hydrogen-bond acceptors (Lipinski definition) is 5. The van der Waals surface area contributed by atoms with E-state index in [0.29, 0.717) is 17.0 Å². The average molecular weight is 365 g/mol. The summed E-state index contributed by atoms with van der Waals surface area (Å²) in [6, 6.07) is 13.5. The van der Waals surface area contributed by atoms with Crippen molar-refractivity contribution in [2.24, 2.45) is 5.16 Å². The predicted molar refractivity (Wildman–Crippen MR) is 97.0 cm³/mol. The number of halogens is 1. The third-order valence-corrected chi connectivity index (χ3v) is 4.35. The molecule has 8 heteroatoms. The Labute approximate surface area is 154 Å². The monoisotopic (exact) mass is 365 g/mol. The van der Waals surface area contributed by atoms with Crippen molar-refractivity contribution in [2.75, 3.05) is 5.32 Å². The van der Waals surface area contributed by atoms with E-state index < -0.39 is 11.4 Å². The molecular formula is C19H16FN5O2. The minimum atomic E-state index is -1.22. The molecule has 2 aromatic carbocycles. The van der Waals surface area contributed by atoms with Crippen LogP contribution in [0.3, 0.4) is 0 Å². The van der Waals surface area contributed by atoms with Crippen molar-refractivity contribution in [3.8, 4) is 5.69 Å². The SMILES string of the molecule is C[C@@]1(C(=O)Nc2cccc(-n3cnnc3)c2)CC(c2ccccc2F)=NO1. The smallest absolute Gasteiger partial charge is 0.271 e. The lowest BCUT2D eigenvalue weighted by molar-refractivity contribution is -0.135. The van der Waals surface area contributed by atoms with E-state index >= 15 is 0 Å². The topological polar surface area (TPSA) is 81.4 Å². The summed E-state index contributed by atoms with van der Waals surface area (Å²) in [5, 5.41) is 14.3. The largest absolute Gasteiger partial charge is 0.379 e. The van der Waals surface area contributed by atoms with Gasteiger partial charge in [0.05, 0.1) is 11.4 Å². The zero-order chi connectivity index (χ0) is 18.9. The third kappa shape index (κ3) is 3.29. The van der Waals surface area contributed by atoms with Gasteiger partial charge in [0.25, 0.3) is 5.91 Å². The summed E-state index contributed by atoms with van der Waals surface area (Å²) in [6.07, 6.45) is 3.30. The first-order valence-corrected chi connectivity index (χ1v) is 8.32. The number of amides is 1. The van der Waals surface area contributed by atoms with Gasteiger partial charge in [0.1, 0.15) is 18.5 Å². The molecule has 1 aliphatic rings. The second-order valence-corrected chi connectivity index (χ2v) is 6.39. The van der Waals surface area contributed by atoms with Gasteiger partial charge in [-0.1, -0.05) is 29.4 Å². The van der Waals surface area contributed by atoms with Crippen LogP contribution in [0.25, 0.3) is 5.69 Å². The van der Waals surface area contributed by atoms with Crippen molar-refractivity contribution < 1.29 is 14.0 Å². The molecule has 0 radical (unpaired) electrons. The van der Waals surface area contributed by atoms with Crippen LogP contribution in [-0.4, -0.2) is 32.0 Å². The predicted octanol–water partition coefficient (Wildman–Crippen LogP) is 2.93. The zero-order valence-corrected chi connectivity index (χ0v) is 14.5. The fourth-order valence-corrected chi connectivity index (χ4v) is 2.84. The molecule has 7 nitrogen and oxygen atoms in total. The minimum absolute atomic E-state index is 0.172. The highest BCUT2D eigenvalue weighted by atomic mass is 19.1. The maximum atomic E-state index is 14.0. The lowest BCUT2D eigenvalue weighted by Crippen LogP contribution is -2.40. The molecule has 0 bridgehead atoms. The maximum Gasteiger partial charge on any atom is 0.271 e. The van der Waals surface area contributed by atoms with Crippen molar-refractivity contribution in [3.63, 3.8) is 0 Å². The zero-order valence-electron chi connectivity index (χ0n) is 14.5. The average Bonchev–Trinajstić information content (AvgIpc) is 3.33. The van der Waals surface area contributed by atoms with Crippen LogP contribution >= 0.6 is 0 Å². The van der Waals surface area contributed by atoms with Crippen molar-refractivity contribution in [3.05, 3.63) is 72.6 Å². The molecule has 27 heavy (non-hydrogen) atoms. The molecule has 1 aromatic heterocycles. The molecule has 0 aliphatic carbocycles. The van der Waals surface area contributed by atoms with Gasteiger partial charge in [0, 0.05) is 17.7 Å². The van der Waals surface area contributed by atoms with E-state index in [1.165, 1.54) is 6.07 Å². The van der Waals surface area contributed by atoms with Gasteiger partial charge < -0.3 is 10.2 Å². The van der Waals surface area contributed by atoms with Crippen molar-refractivity contribution in [1.82, 2.24) is 14.8 Å². The molecule has 0 spiro atoms. The molecule has 0 fully saturated rings. The molecule has 1 N–H and O–H groups in total. The number of nitrogens with one attached hydrogen (secondary N) is 1. The number of anilines is 1. The Balaban J connectivity index is 1.49. The molecule has 2 heterocycles. The van der Waals surface area contributed by atoms with E-state index in [-0.39, 0.29) is 12.3 Å². The van der Waals surface area contributed by atoms with Crippen LogP contribution in [0.15, 0.2) is 66.3 Å². The Morgan fingerprint density at radius 3 is 2.74 bits per heavy atom. The van der Waals surface area contributed by atoms with Crippen LogP contribution in [0, 0.1) is 5.82 Å². The second-order valence-electron chi connectivity index (χ2n) is 6.39. The number of aromatic nitrogens is 3. The van der Waals surface area contributed by atoms with Crippen molar-refractivity contribution in [1.29, 1.82) is 0 Å². The summed E-state index contributed by atoms with van der Waals surface area (Å²) in [5.74, 6) is -0.760. The van der Waals surface area contributed by atoms with Crippen LogP contribution in [0.5, 0.6) is 0 Å². The Morgan fingerprint density at radius 1 is 1.19 bits per heavy atom. The fraction of sp³-hybridized carbons (Fsp3) is 0.158. The lowest BCUT2D eigenvalue weighted by atomic mass is 9.95. The van der Waals surface area contributed by atoms with E-state index in [0.717, 1.165) is 5.69 Å². The van der Waals surface area contributed by atoms with E-state index in [4.69, 9.17) is 4.84 Å². The minimum Gasteiger partial charge on any atom is -0.379 e. The summed E-state index contributed by atoms with van der Waals surface area (Å²) >= 11 is 0. The molecular weight excluding hydrogens is 349 g/mol. The number of nitrogens with zero attached hydrogens (tertiary/aromatic N) is 4. The molecule has 4 rings (SSSR count). The van der Waals surface area contributed by atoms with Crippen LogP contribution < -0.4 is 5.32 Å². The summed E-state index contributed by atoms with van der Waals surface area (Å²) in [7, 11) is 0. The maximum absolute atomic E-state index is 14.0. The molecule has 3 aromatic rings. The number of rotatable bonds is 4. The highest BCUT2D eigenvalue weighted by Crippen LogP contribution is 2.29. The van der Waals surface area contributed by atoms with Crippen molar-refractivity contribution >= 4 is 17.3 Å². The van der Waals surface area contributed by atoms with Crippen LogP contribution in [0.1, 0.15) is 18.9 Å². The first-order chi connectivity index (χ1) is 13.0. The number of benzene rings is 2. The molecule has 0 saturated heterocycles. The summed E-state index contributed by atoms with van der Waals surface area (Å²) in [6.45, 7) is 1.63. The van der Waals surface area contributed by atoms with Crippen LogP contribution in [0.4, 0.5) is 10.1 Å². The number of carbonyl (C=O) groups is 1. The van der Waals surface area contributed by atoms with Crippen LogP contribution in [0.2, 0.25) is 0 Å². The highest BCUT2D eigenvalue weighted by Gasteiger charge is 2.42. The van der Waals surface area contributed by atoms with Gasteiger partial charge in [0.2, 0.25) is 5.60 Å². The van der Waals surface area contributed by atoms with Gasteiger partial charge in [-0.05, 0) is 31.2 Å². The van der Waals surface area contributed by atoms with Gasteiger partial charge in [-0.3, -0.25) is 9.36 Å². The Kier molecular flexibility index (Phi) is 4.15. The van der Waals surface area contributed by atoms with E-state index in [2.05, 4.69) is 20.7 Å². The lowest BCUT2D eigenvalue weighted by Gasteiger charge is -2.20. The Morgan fingerprint density at radius 2 is 1.96 bits per heavy atom. The summed E-state index contributed by atoms with van der Waals surface area (Å²) in [4.78, 5) is 18.1. The molecule has 1 atom stereocenters. The van der Waals surface area contributed by atoms with Gasteiger partial charge in [-0.25, -0.2) is 4.39 Å². The Hall–Kier alpha value is -3.55. The standard InChI is InChI=1S/C19H16FN5O2/c1-19(10-17(24-27-19)15-7-2-3-8-16(15)20)18(26)23-13-5-4-6-14(9-13)25-11-21-22-12-25/h2-9,11-12H,10H2,1H3,(H,23,26)/t19-/m0/s1. The van der Waals surface area contributed by atoms with Gasteiger partial charge >= 0.3 is 0 Å². The Bertz CT molecular complexity index is 1020. The normalized spacial score (nSPS) is 18.7. The second kappa shape index (κ2) is 6.64. The number of oxime groups is 1. The first kappa shape index (κ1) is 16.9. The molecule has 136 valence electrons. The van der Waals surface area contributed by atoms with E-state index in [1.807, 2.05) is 12.1 Å². The van der Waals surface area contributed by atoms with Crippen molar-refractivity contribution in [2.45, 2.75) is 18.9 Å². The van der Waals surface area contributed by atoms with E-state index in [9.17, 15) is 9.18 Å². The fourth-order valence-electron chi connectivity index (χ4n) is 2.84. The highest BCUT2D eigenvalue weighted by molar-refractivity contribution is 6.08. The first-order valence-electron chi connectivity index (χ1n) is 8.32. The number of carbonyl (C=O) groups excluding carboxylic acids is 1. The third-order valence-electron chi connectivity index (χ3n) is 4.35. The van der Waals surface area contributed by atoms with Crippen LogP contribution in [-0.2, 0) is 9.63 Å². The van der Waals surface area contributed by atoms with Gasteiger partial charge in [0.15, 0.2) is 0 Å². The summed E-state index contributed by atoms with van der Waals surface area (Å²) < 4.78 is 15.7. The van der Waals surface area contributed by atoms with Gasteiger partial charge in [-0.2, -0.15) is 0 Å². The number of hydrogen-bond donors (Lipinski definition) is 1. The molecule has 0 saturated carbocycles. The molecule has 1 aliphatic heterocycles. The molecule has 1 amide bonds. The van der Waals surface area contributed by atoms with Gasteiger partial charge in [-0.15, -0.1) is 10.2 Å². The van der Waals surface area contributed by atoms with E-state index in [1.54, 1.807) is 54.5 Å². The molecule has 0 unspecified atom stereocenters. The quantitative estimate of drug-likeness (QED) is 0.771. The summed E-state index contributed by atoms with van der Waals surface area (Å²) in [5.41, 5.74) is 0.922.